The minimum atomic E-state index is -0.428. The summed E-state index contributed by atoms with van der Waals surface area (Å²) in [5.74, 6) is 0. The summed E-state index contributed by atoms with van der Waals surface area (Å²) in [6.07, 6.45) is 3.54. The van der Waals surface area contributed by atoms with Gasteiger partial charge < -0.3 is 0 Å². The SMILES string of the molecule is N#CCC1=CC=C([N+](=O)[O-])C=I1. The predicted molar refractivity (Wildman–Crippen MR) is 53.5 cm³/mol. The first kappa shape index (κ1) is 9.06. The molecule has 0 bridgehead atoms. The summed E-state index contributed by atoms with van der Waals surface area (Å²) in [7, 11) is 0. The number of hydrogen-bond donors (Lipinski definition) is 0. The van der Waals surface area contributed by atoms with Gasteiger partial charge >= 0.3 is 0 Å². The van der Waals surface area contributed by atoms with E-state index in [0.29, 0.717) is 6.42 Å². The van der Waals surface area contributed by atoms with Gasteiger partial charge in [0, 0.05) is 10.1 Å². The molecule has 0 amide bonds. The predicted octanol–water partition coefficient (Wildman–Crippen LogP) is 1.73. The molecule has 0 N–H and O–H groups in total. The van der Waals surface area contributed by atoms with Crippen molar-refractivity contribution in [2.45, 2.75) is 6.42 Å². The minimum Gasteiger partial charge on any atom is -0.258 e. The molecule has 0 unspecified atom stereocenters. The van der Waals surface area contributed by atoms with Crippen LogP contribution in [0, 0.1) is 21.4 Å². The lowest BCUT2D eigenvalue weighted by Crippen LogP contribution is -1.99. The fourth-order valence-electron chi connectivity index (χ4n) is 0.648. The van der Waals surface area contributed by atoms with E-state index in [4.69, 9.17) is 5.26 Å². The van der Waals surface area contributed by atoms with Crippen molar-refractivity contribution in [3.63, 3.8) is 0 Å². The van der Waals surface area contributed by atoms with E-state index in [0.717, 1.165) is 3.58 Å². The van der Waals surface area contributed by atoms with Crippen molar-refractivity contribution >= 4 is 24.7 Å². The van der Waals surface area contributed by atoms with E-state index in [2.05, 4.69) is 0 Å². The van der Waals surface area contributed by atoms with Crippen LogP contribution < -0.4 is 0 Å². The molecule has 1 rings (SSSR count). The Kier molecular flexibility index (Phi) is 3.10. The zero-order valence-electron chi connectivity index (χ0n) is 6.03. The molecule has 0 radical (unpaired) electrons. The fourth-order valence-corrected chi connectivity index (χ4v) is 2.58. The zero-order valence-corrected chi connectivity index (χ0v) is 8.19. The summed E-state index contributed by atoms with van der Waals surface area (Å²) in [6, 6.07) is 2.02. The molecule has 1 aliphatic rings. The molecule has 4 nitrogen and oxygen atoms in total. The Morgan fingerprint density at radius 1 is 1.67 bits per heavy atom. The van der Waals surface area contributed by atoms with E-state index in [9.17, 15) is 10.1 Å². The Labute approximate surface area is 79.1 Å². The average Bonchev–Trinajstić information content (AvgIpc) is 2.06. The third-order valence-electron chi connectivity index (χ3n) is 1.20. The molecule has 1 heterocycles. The largest absolute Gasteiger partial charge is 0.275 e. The normalized spacial score (nSPS) is 15.2. The maximum Gasteiger partial charge on any atom is 0.275 e. The van der Waals surface area contributed by atoms with Crippen LogP contribution in [0.25, 0.3) is 0 Å². The standard InChI is InChI=1S/C7H5IN2O2/c9-4-3-6-1-2-7(5-8-6)10(11)12/h1-2,5H,3H2. The number of nitro groups is 1. The van der Waals surface area contributed by atoms with Crippen molar-refractivity contribution < 1.29 is 4.92 Å². The molecule has 12 heavy (non-hydrogen) atoms. The quantitative estimate of drug-likeness (QED) is 0.438. The highest BCUT2D eigenvalue weighted by atomic mass is 127. The van der Waals surface area contributed by atoms with E-state index in [1.54, 1.807) is 10.1 Å². The van der Waals surface area contributed by atoms with Crippen LogP contribution in [0.3, 0.4) is 0 Å². The molecule has 0 aromatic heterocycles. The first-order chi connectivity index (χ1) is 5.74. The van der Waals surface area contributed by atoms with Gasteiger partial charge in [-0.2, -0.15) is 5.26 Å². The summed E-state index contributed by atoms with van der Waals surface area (Å²) in [5.41, 5.74) is 0.157. The van der Waals surface area contributed by atoms with Gasteiger partial charge in [0.25, 0.3) is 5.70 Å². The van der Waals surface area contributed by atoms with Crippen LogP contribution in [0.5, 0.6) is 0 Å². The number of rotatable bonds is 2. The van der Waals surface area contributed by atoms with Gasteiger partial charge in [-0.25, -0.2) is 0 Å². The van der Waals surface area contributed by atoms with Gasteiger partial charge in [-0.15, -0.1) is 0 Å². The summed E-state index contributed by atoms with van der Waals surface area (Å²) in [4.78, 5) is 9.84. The van der Waals surface area contributed by atoms with E-state index in [1.807, 2.05) is 6.07 Å². The molecular weight excluding hydrogens is 271 g/mol. The number of hydrogen-bond acceptors (Lipinski definition) is 3. The van der Waals surface area contributed by atoms with E-state index < -0.39 is 25.7 Å². The van der Waals surface area contributed by atoms with Crippen LogP contribution in [-0.2, 0) is 0 Å². The van der Waals surface area contributed by atoms with Gasteiger partial charge in [0.05, 0.1) is 17.4 Å². The van der Waals surface area contributed by atoms with Crippen molar-refractivity contribution in [1.29, 1.82) is 5.26 Å². The van der Waals surface area contributed by atoms with Crippen LogP contribution in [0.1, 0.15) is 6.42 Å². The molecule has 1 aliphatic heterocycles. The molecule has 0 spiro atoms. The van der Waals surface area contributed by atoms with Crippen LogP contribution in [0.15, 0.2) is 21.4 Å². The number of nitriles is 1. The average molecular weight is 276 g/mol. The first-order valence-corrected chi connectivity index (χ1v) is 5.45. The van der Waals surface area contributed by atoms with Crippen LogP contribution in [0.4, 0.5) is 0 Å². The number of nitrogens with zero attached hydrogens (tertiary/aromatic N) is 2. The van der Waals surface area contributed by atoms with E-state index in [-0.39, 0.29) is 5.70 Å². The summed E-state index contributed by atoms with van der Waals surface area (Å²) >= 11 is -0.428. The van der Waals surface area contributed by atoms with Crippen molar-refractivity contribution in [1.82, 2.24) is 0 Å². The van der Waals surface area contributed by atoms with Gasteiger partial charge in [-0.05, 0) is 9.66 Å². The Bertz CT molecular complexity index is 336. The highest BCUT2D eigenvalue weighted by Crippen LogP contribution is 2.22. The summed E-state index contributed by atoms with van der Waals surface area (Å²) < 4.78 is 2.66. The van der Waals surface area contributed by atoms with Crippen molar-refractivity contribution in [3.8, 4) is 6.07 Å². The van der Waals surface area contributed by atoms with Gasteiger partial charge in [0.2, 0.25) is 0 Å². The first-order valence-electron chi connectivity index (χ1n) is 3.13. The summed E-state index contributed by atoms with van der Waals surface area (Å²) in [5, 5.41) is 18.6. The Morgan fingerprint density at radius 2 is 2.42 bits per heavy atom. The number of halogens is 1. The molecule has 0 aromatic rings. The highest BCUT2D eigenvalue weighted by Gasteiger charge is 2.08. The number of allylic oxidation sites excluding steroid dienone is 4. The molecule has 0 saturated carbocycles. The molecule has 0 atom stereocenters. The second-order valence-electron chi connectivity index (χ2n) is 2.02. The lowest BCUT2D eigenvalue weighted by Gasteiger charge is -1.97. The van der Waals surface area contributed by atoms with Gasteiger partial charge in [-0.1, -0.05) is 20.7 Å². The molecular formula is C7H5IN2O2. The van der Waals surface area contributed by atoms with Gasteiger partial charge in [0.15, 0.2) is 0 Å². The third kappa shape index (κ3) is 2.23. The van der Waals surface area contributed by atoms with Gasteiger partial charge in [0.1, 0.15) is 0 Å². The van der Waals surface area contributed by atoms with Crippen molar-refractivity contribution in [2.75, 3.05) is 0 Å². The fraction of sp³-hybridized carbons (Fsp3) is 0.143. The molecule has 5 heteroatoms. The molecule has 0 aliphatic carbocycles. The Morgan fingerprint density at radius 3 is 2.83 bits per heavy atom. The maximum absolute atomic E-state index is 10.2. The maximum atomic E-state index is 10.2. The Hall–Kier alpha value is -1.03. The third-order valence-corrected chi connectivity index (χ3v) is 3.69. The van der Waals surface area contributed by atoms with Crippen molar-refractivity contribution in [2.24, 2.45) is 0 Å². The van der Waals surface area contributed by atoms with E-state index in [1.165, 1.54) is 6.08 Å². The molecule has 0 fully saturated rings. The van der Waals surface area contributed by atoms with Crippen LogP contribution >= 0.6 is 20.7 Å². The van der Waals surface area contributed by atoms with Gasteiger partial charge in [-0.3, -0.25) is 10.1 Å². The second-order valence-corrected chi connectivity index (χ2v) is 4.65. The zero-order chi connectivity index (χ0) is 8.97. The molecule has 62 valence electrons. The Balaban J connectivity index is 2.78. The smallest absolute Gasteiger partial charge is 0.258 e. The molecule has 0 aromatic carbocycles. The van der Waals surface area contributed by atoms with Crippen molar-refractivity contribution in [3.05, 3.63) is 31.5 Å². The van der Waals surface area contributed by atoms with Crippen LogP contribution in [-0.4, -0.2) is 8.94 Å². The van der Waals surface area contributed by atoms with Crippen LogP contribution in [0.2, 0.25) is 0 Å². The highest BCUT2D eigenvalue weighted by molar-refractivity contribution is 14.2. The summed E-state index contributed by atoms with van der Waals surface area (Å²) in [6.45, 7) is 0. The minimum absolute atomic E-state index is 0.157. The molecule has 0 saturated heterocycles. The lowest BCUT2D eigenvalue weighted by molar-refractivity contribution is -0.413. The second kappa shape index (κ2) is 4.11. The monoisotopic (exact) mass is 276 g/mol. The van der Waals surface area contributed by atoms with E-state index >= 15 is 0 Å². The topological polar surface area (TPSA) is 66.9 Å². The lowest BCUT2D eigenvalue weighted by atomic mass is 10.3.